The largest absolute Gasteiger partial charge is 0.488 e. The fourth-order valence-electron chi connectivity index (χ4n) is 1.48. The molecule has 0 bridgehead atoms. The lowest BCUT2D eigenvalue weighted by Crippen LogP contribution is -2.29. The molecule has 88 valence electrons. The Morgan fingerprint density at radius 2 is 1.88 bits per heavy atom. The van der Waals surface area contributed by atoms with E-state index in [0.29, 0.717) is 17.2 Å². The first kappa shape index (κ1) is 11.8. The maximum Gasteiger partial charge on any atom is 0.488 e. The molecule has 0 aliphatic heterocycles. The first-order chi connectivity index (χ1) is 8.20. The molecule has 5 nitrogen and oxygen atoms in total. The number of hydrogen-bond donors (Lipinski definition) is 2. The summed E-state index contributed by atoms with van der Waals surface area (Å²) >= 11 is 0. The van der Waals surface area contributed by atoms with E-state index >= 15 is 0 Å². The van der Waals surface area contributed by atoms with Gasteiger partial charge in [0.05, 0.1) is 0 Å². The smallest absolute Gasteiger partial charge is 0.423 e. The number of aryl methyl sites for hydroxylation is 1. The van der Waals surface area contributed by atoms with Gasteiger partial charge in [0.25, 0.3) is 0 Å². The summed E-state index contributed by atoms with van der Waals surface area (Å²) < 4.78 is 5.46. The molecule has 0 saturated heterocycles. The lowest BCUT2D eigenvalue weighted by atomic mass is 9.80. The predicted molar refractivity (Wildman–Crippen MR) is 63.6 cm³/mol. The number of rotatable bonds is 4. The predicted octanol–water partition coefficient (Wildman–Crippen LogP) is 0.369. The second-order valence-electron chi connectivity index (χ2n) is 3.75. The maximum atomic E-state index is 8.96. The van der Waals surface area contributed by atoms with Crippen LogP contribution in [0.5, 0.6) is 0 Å². The molecule has 0 spiro atoms. The van der Waals surface area contributed by atoms with Crippen LogP contribution in [0.1, 0.15) is 19.2 Å². The molecule has 0 aliphatic rings. The average Bonchev–Trinajstić information content (AvgIpc) is 2.78. The van der Waals surface area contributed by atoms with E-state index in [1.165, 1.54) is 0 Å². The third-order valence-corrected chi connectivity index (χ3v) is 2.39. The van der Waals surface area contributed by atoms with Gasteiger partial charge in [0, 0.05) is 12.0 Å². The van der Waals surface area contributed by atoms with Crippen molar-refractivity contribution in [2.75, 3.05) is 0 Å². The van der Waals surface area contributed by atoms with Gasteiger partial charge in [-0.25, -0.2) is 0 Å². The average molecular weight is 232 g/mol. The molecule has 2 aromatic rings. The first-order valence-corrected chi connectivity index (χ1v) is 5.49. The summed E-state index contributed by atoms with van der Waals surface area (Å²) in [5, 5.41) is 25.8. The molecule has 2 N–H and O–H groups in total. The summed E-state index contributed by atoms with van der Waals surface area (Å²) in [6.07, 6.45) is 1.72. The van der Waals surface area contributed by atoms with Gasteiger partial charge >= 0.3 is 7.12 Å². The van der Waals surface area contributed by atoms with Gasteiger partial charge in [-0.15, -0.1) is 10.2 Å². The van der Waals surface area contributed by atoms with Crippen LogP contribution in [0.3, 0.4) is 0 Å². The van der Waals surface area contributed by atoms with E-state index in [4.69, 9.17) is 14.5 Å². The second kappa shape index (κ2) is 5.12. The van der Waals surface area contributed by atoms with E-state index in [2.05, 4.69) is 10.2 Å². The minimum Gasteiger partial charge on any atom is -0.423 e. The Balaban J connectivity index is 2.21. The number of aromatic nitrogens is 2. The highest BCUT2D eigenvalue weighted by molar-refractivity contribution is 6.58. The monoisotopic (exact) mass is 232 g/mol. The highest BCUT2D eigenvalue weighted by atomic mass is 16.4. The molecular formula is C11H13BN2O3. The van der Waals surface area contributed by atoms with Crippen molar-refractivity contribution in [1.82, 2.24) is 10.2 Å². The van der Waals surface area contributed by atoms with E-state index in [0.717, 1.165) is 18.4 Å². The Morgan fingerprint density at radius 3 is 2.47 bits per heavy atom. The first-order valence-electron chi connectivity index (χ1n) is 5.49. The number of hydrogen-bond acceptors (Lipinski definition) is 5. The maximum absolute atomic E-state index is 8.96. The van der Waals surface area contributed by atoms with Crippen molar-refractivity contribution in [3.05, 3.63) is 30.2 Å². The van der Waals surface area contributed by atoms with Gasteiger partial charge in [0.1, 0.15) is 0 Å². The van der Waals surface area contributed by atoms with Crippen molar-refractivity contribution >= 4 is 12.6 Å². The van der Waals surface area contributed by atoms with Crippen molar-refractivity contribution in [2.24, 2.45) is 0 Å². The van der Waals surface area contributed by atoms with Gasteiger partial charge in [-0.05, 0) is 24.0 Å². The van der Waals surface area contributed by atoms with Crippen LogP contribution in [0.25, 0.3) is 11.5 Å². The SMILES string of the molecule is CCCc1nnc(-c2ccc(B(O)O)cc2)o1. The molecule has 0 atom stereocenters. The summed E-state index contributed by atoms with van der Waals surface area (Å²) in [5.41, 5.74) is 1.20. The Hall–Kier alpha value is -1.66. The molecular weight excluding hydrogens is 219 g/mol. The fraction of sp³-hybridized carbons (Fsp3) is 0.273. The molecule has 0 radical (unpaired) electrons. The van der Waals surface area contributed by atoms with Gasteiger partial charge in [0.15, 0.2) is 0 Å². The zero-order valence-electron chi connectivity index (χ0n) is 9.50. The van der Waals surface area contributed by atoms with Crippen molar-refractivity contribution in [3.8, 4) is 11.5 Å². The highest BCUT2D eigenvalue weighted by Crippen LogP contribution is 2.16. The molecule has 0 fully saturated rings. The van der Waals surface area contributed by atoms with Crippen LogP contribution >= 0.6 is 0 Å². The van der Waals surface area contributed by atoms with Crippen LogP contribution in [0.15, 0.2) is 28.7 Å². The zero-order valence-corrected chi connectivity index (χ0v) is 9.50. The second-order valence-corrected chi connectivity index (χ2v) is 3.75. The molecule has 0 saturated carbocycles. The Kier molecular flexibility index (Phi) is 3.56. The fourth-order valence-corrected chi connectivity index (χ4v) is 1.48. The van der Waals surface area contributed by atoms with Crippen LogP contribution in [0.2, 0.25) is 0 Å². The summed E-state index contributed by atoms with van der Waals surface area (Å²) in [6.45, 7) is 2.04. The molecule has 6 heteroatoms. The van der Waals surface area contributed by atoms with Gasteiger partial charge in [-0.3, -0.25) is 0 Å². The summed E-state index contributed by atoms with van der Waals surface area (Å²) in [5.74, 6) is 1.07. The molecule has 1 aromatic heterocycles. The molecule has 1 heterocycles. The highest BCUT2D eigenvalue weighted by Gasteiger charge is 2.12. The zero-order chi connectivity index (χ0) is 12.3. The van der Waals surface area contributed by atoms with E-state index in [-0.39, 0.29) is 0 Å². The van der Waals surface area contributed by atoms with Gasteiger partial charge in [-0.1, -0.05) is 19.1 Å². The topological polar surface area (TPSA) is 79.4 Å². The number of benzene rings is 1. The molecule has 0 unspecified atom stereocenters. The summed E-state index contributed by atoms with van der Waals surface area (Å²) in [6, 6.07) is 6.67. The van der Waals surface area contributed by atoms with Gasteiger partial charge < -0.3 is 14.5 Å². The lowest BCUT2D eigenvalue weighted by Gasteiger charge is -1.99. The van der Waals surface area contributed by atoms with E-state index in [9.17, 15) is 0 Å². The lowest BCUT2D eigenvalue weighted by molar-refractivity contribution is 0.426. The van der Waals surface area contributed by atoms with Crippen molar-refractivity contribution < 1.29 is 14.5 Å². The van der Waals surface area contributed by atoms with Crippen LogP contribution in [0.4, 0.5) is 0 Å². The Bertz CT molecular complexity index is 482. The van der Waals surface area contributed by atoms with Gasteiger partial charge in [0.2, 0.25) is 11.8 Å². The summed E-state index contributed by atoms with van der Waals surface area (Å²) in [4.78, 5) is 0. The molecule has 2 rings (SSSR count). The van der Waals surface area contributed by atoms with Crippen LogP contribution in [-0.4, -0.2) is 27.4 Å². The standard InChI is InChI=1S/C11H13BN2O3/c1-2-3-10-13-14-11(17-10)8-4-6-9(7-5-8)12(15)16/h4-7,15-16H,2-3H2,1H3. The van der Waals surface area contributed by atoms with Crippen LogP contribution in [0, 0.1) is 0 Å². The van der Waals surface area contributed by atoms with Crippen LogP contribution < -0.4 is 5.46 Å². The van der Waals surface area contributed by atoms with E-state index < -0.39 is 7.12 Å². The van der Waals surface area contributed by atoms with Crippen molar-refractivity contribution in [2.45, 2.75) is 19.8 Å². The Labute approximate surface area is 99.3 Å². The van der Waals surface area contributed by atoms with Crippen LogP contribution in [-0.2, 0) is 6.42 Å². The van der Waals surface area contributed by atoms with E-state index in [1.807, 2.05) is 6.92 Å². The Morgan fingerprint density at radius 1 is 1.18 bits per heavy atom. The molecule has 0 aliphatic carbocycles. The normalized spacial score (nSPS) is 10.5. The number of nitrogens with zero attached hydrogens (tertiary/aromatic N) is 2. The van der Waals surface area contributed by atoms with Gasteiger partial charge in [-0.2, -0.15) is 0 Å². The molecule has 0 amide bonds. The molecule has 17 heavy (non-hydrogen) atoms. The summed E-state index contributed by atoms with van der Waals surface area (Å²) in [7, 11) is -1.46. The minimum atomic E-state index is -1.46. The third kappa shape index (κ3) is 2.72. The third-order valence-electron chi connectivity index (χ3n) is 2.39. The quantitative estimate of drug-likeness (QED) is 0.744. The molecule has 1 aromatic carbocycles. The minimum absolute atomic E-state index is 0.432. The van der Waals surface area contributed by atoms with Crippen molar-refractivity contribution in [3.63, 3.8) is 0 Å². The van der Waals surface area contributed by atoms with Crippen molar-refractivity contribution in [1.29, 1.82) is 0 Å². The van der Waals surface area contributed by atoms with E-state index in [1.54, 1.807) is 24.3 Å².